The maximum Gasteiger partial charge on any atom is 0.202 e. The summed E-state index contributed by atoms with van der Waals surface area (Å²) < 4.78 is 7.01. The first-order chi connectivity index (χ1) is 14.2. The number of hydrogen-bond acceptors (Lipinski definition) is 5. The monoisotopic (exact) mass is 392 g/mol. The van der Waals surface area contributed by atoms with Crippen molar-refractivity contribution in [3.8, 4) is 5.75 Å². The first-order valence-corrected chi connectivity index (χ1v) is 10.9. The highest BCUT2D eigenvalue weighted by Crippen LogP contribution is 2.55. The Morgan fingerprint density at radius 1 is 1.14 bits per heavy atom. The van der Waals surface area contributed by atoms with Gasteiger partial charge in [-0.05, 0) is 62.4 Å². The second kappa shape index (κ2) is 6.53. The minimum Gasteiger partial charge on any atom is -0.464 e. The van der Waals surface area contributed by atoms with E-state index < -0.39 is 5.72 Å². The van der Waals surface area contributed by atoms with E-state index in [1.807, 2.05) is 0 Å². The van der Waals surface area contributed by atoms with Crippen LogP contribution in [0.5, 0.6) is 5.75 Å². The van der Waals surface area contributed by atoms with Crippen LogP contribution in [0.15, 0.2) is 35.3 Å². The second-order valence-electron chi connectivity index (χ2n) is 9.35. The Morgan fingerprint density at radius 2 is 1.93 bits per heavy atom. The second-order valence-corrected chi connectivity index (χ2v) is 9.35. The Morgan fingerprint density at radius 3 is 2.72 bits per heavy atom. The maximum absolute atomic E-state index is 7.01. The first kappa shape index (κ1) is 17.9. The molecule has 2 aromatic rings. The molecule has 3 atom stereocenters. The largest absolute Gasteiger partial charge is 0.464 e. The molecule has 2 saturated carbocycles. The molecule has 2 saturated heterocycles. The molecule has 0 aromatic heterocycles. The van der Waals surface area contributed by atoms with Gasteiger partial charge in [-0.3, -0.25) is 9.89 Å². The van der Waals surface area contributed by atoms with Crippen molar-refractivity contribution in [3.63, 3.8) is 0 Å². The van der Waals surface area contributed by atoms with Crippen LogP contribution in [0.3, 0.4) is 0 Å². The summed E-state index contributed by atoms with van der Waals surface area (Å²) in [4.78, 5) is 17.8. The summed E-state index contributed by atoms with van der Waals surface area (Å²) in [6.45, 7) is 0.346. The number of rotatable bonds is 3. The standard InChI is InChI=1S/C24H28N2O3/c1-26-20-10-15-7-16(11-20)9-19(8-15)24(26)14-25-22-21-6-4-3-5-17(21)12-18(13-28-27-2)23(22)29-24/h3-6,12,14-16,19-20H,7-11,13H2,1-2H3. The van der Waals surface area contributed by atoms with Gasteiger partial charge in [-0.2, -0.15) is 0 Å². The van der Waals surface area contributed by atoms with Crippen molar-refractivity contribution in [1.29, 1.82) is 0 Å². The summed E-state index contributed by atoms with van der Waals surface area (Å²) >= 11 is 0. The Hall–Kier alpha value is -1.95. The predicted octanol–water partition coefficient (Wildman–Crippen LogP) is 4.85. The van der Waals surface area contributed by atoms with Gasteiger partial charge >= 0.3 is 0 Å². The normalized spacial score (nSPS) is 35.1. The van der Waals surface area contributed by atoms with Gasteiger partial charge in [0, 0.05) is 22.9 Å². The Balaban J connectivity index is 1.50. The SMILES string of the molecule is COOCc1cc2ccccc2c2c1OC1(C=N2)C2CC3CC(CC(C3)N1C)C2. The van der Waals surface area contributed by atoms with E-state index in [-0.39, 0.29) is 0 Å². The fraction of sp³-hybridized carbons (Fsp3) is 0.542. The zero-order valence-corrected chi connectivity index (χ0v) is 17.1. The molecule has 2 aliphatic carbocycles. The van der Waals surface area contributed by atoms with Crippen molar-refractivity contribution in [2.24, 2.45) is 22.7 Å². The number of nitrogens with zero attached hydrogens (tertiary/aromatic N) is 2. The Labute approximate surface area is 171 Å². The van der Waals surface area contributed by atoms with Crippen molar-refractivity contribution >= 4 is 22.7 Å². The lowest BCUT2D eigenvalue weighted by atomic mass is 9.67. The number of fused-ring (bicyclic) bond motifs is 3. The molecule has 4 fully saturated rings. The highest BCUT2D eigenvalue weighted by atomic mass is 17.2. The zero-order chi connectivity index (χ0) is 19.6. The van der Waals surface area contributed by atoms with Crippen LogP contribution in [-0.2, 0) is 16.4 Å². The average molecular weight is 392 g/mol. The maximum atomic E-state index is 7.01. The van der Waals surface area contributed by atoms with E-state index in [1.54, 1.807) is 7.11 Å². The topological polar surface area (TPSA) is 43.3 Å². The third-order valence-corrected chi connectivity index (χ3v) is 7.83. The highest BCUT2D eigenvalue weighted by Gasteiger charge is 2.56. The van der Waals surface area contributed by atoms with Crippen LogP contribution >= 0.6 is 0 Å². The molecule has 0 amide bonds. The highest BCUT2D eigenvalue weighted by molar-refractivity contribution is 5.99. The molecular weight excluding hydrogens is 364 g/mol. The van der Waals surface area contributed by atoms with E-state index >= 15 is 0 Å². The summed E-state index contributed by atoms with van der Waals surface area (Å²) in [6, 6.07) is 11.1. The van der Waals surface area contributed by atoms with Crippen LogP contribution in [0.4, 0.5) is 5.69 Å². The van der Waals surface area contributed by atoms with Gasteiger partial charge in [0.15, 0.2) is 5.75 Å². The van der Waals surface area contributed by atoms with Gasteiger partial charge in [-0.15, -0.1) is 0 Å². The molecule has 1 spiro atoms. The molecule has 3 aliphatic heterocycles. The van der Waals surface area contributed by atoms with Gasteiger partial charge in [0.1, 0.15) is 12.3 Å². The van der Waals surface area contributed by atoms with E-state index in [1.165, 1.54) is 32.1 Å². The molecule has 3 heterocycles. The predicted molar refractivity (Wildman–Crippen MR) is 112 cm³/mol. The number of hydrogen-bond donors (Lipinski definition) is 0. The summed E-state index contributed by atoms with van der Waals surface area (Å²) in [7, 11) is 3.79. The van der Waals surface area contributed by atoms with E-state index in [9.17, 15) is 0 Å². The lowest BCUT2D eigenvalue weighted by Gasteiger charge is -2.46. The van der Waals surface area contributed by atoms with Crippen LogP contribution in [0.2, 0.25) is 0 Å². The molecule has 29 heavy (non-hydrogen) atoms. The molecule has 5 nitrogen and oxygen atoms in total. The number of benzene rings is 2. The van der Waals surface area contributed by atoms with Crippen molar-refractivity contribution in [3.05, 3.63) is 35.9 Å². The van der Waals surface area contributed by atoms with E-state index in [4.69, 9.17) is 19.5 Å². The van der Waals surface area contributed by atoms with Crippen LogP contribution in [0.25, 0.3) is 10.8 Å². The minimum absolute atomic E-state index is 0.346. The quantitative estimate of drug-likeness (QED) is 0.553. The van der Waals surface area contributed by atoms with Crippen molar-refractivity contribution in [1.82, 2.24) is 4.90 Å². The third-order valence-electron chi connectivity index (χ3n) is 7.83. The molecule has 2 aromatic carbocycles. The molecule has 5 aliphatic rings. The van der Waals surface area contributed by atoms with Crippen LogP contribution < -0.4 is 4.74 Å². The first-order valence-electron chi connectivity index (χ1n) is 10.9. The number of ether oxygens (including phenoxy) is 1. The molecular formula is C24H28N2O3. The fourth-order valence-electron chi connectivity index (χ4n) is 6.58. The van der Waals surface area contributed by atoms with Crippen LogP contribution in [-0.4, -0.2) is 37.0 Å². The smallest absolute Gasteiger partial charge is 0.202 e. The molecule has 5 heteroatoms. The zero-order valence-electron chi connectivity index (χ0n) is 17.1. The summed E-state index contributed by atoms with van der Waals surface area (Å²) in [6.07, 6.45) is 8.62. The molecule has 0 radical (unpaired) electrons. The summed E-state index contributed by atoms with van der Waals surface area (Å²) in [5.74, 6) is 3.02. The van der Waals surface area contributed by atoms with Crippen LogP contribution in [0, 0.1) is 17.8 Å². The van der Waals surface area contributed by atoms with Crippen molar-refractivity contribution in [2.75, 3.05) is 14.2 Å². The van der Waals surface area contributed by atoms with E-state index in [0.29, 0.717) is 18.6 Å². The van der Waals surface area contributed by atoms with E-state index in [2.05, 4.69) is 48.5 Å². The fourth-order valence-corrected chi connectivity index (χ4v) is 6.58. The van der Waals surface area contributed by atoms with Gasteiger partial charge in [0.05, 0.1) is 13.3 Å². The van der Waals surface area contributed by atoms with Crippen molar-refractivity contribution in [2.45, 2.75) is 50.5 Å². The molecule has 7 rings (SSSR count). The molecule has 152 valence electrons. The van der Waals surface area contributed by atoms with Gasteiger partial charge in [-0.1, -0.05) is 24.3 Å². The summed E-state index contributed by atoms with van der Waals surface area (Å²) in [5, 5.41) is 2.27. The van der Waals surface area contributed by atoms with Gasteiger partial charge < -0.3 is 4.74 Å². The van der Waals surface area contributed by atoms with Crippen LogP contribution in [0.1, 0.15) is 37.7 Å². The molecule has 4 bridgehead atoms. The number of aliphatic imine (C=N–C) groups is 1. The lowest BCUT2D eigenvalue weighted by Crippen LogP contribution is -2.59. The van der Waals surface area contributed by atoms with Gasteiger partial charge in [0.25, 0.3) is 0 Å². The molecule has 0 N–H and O–H groups in total. The lowest BCUT2D eigenvalue weighted by molar-refractivity contribution is -0.282. The summed E-state index contributed by atoms with van der Waals surface area (Å²) in [5.41, 5.74) is 1.46. The average Bonchev–Trinajstić information content (AvgIpc) is 2.86. The van der Waals surface area contributed by atoms with Gasteiger partial charge in [0.2, 0.25) is 5.72 Å². The Bertz CT molecular complexity index is 975. The van der Waals surface area contributed by atoms with E-state index in [0.717, 1.165) is 39.6 Å². The minimum atomic E-state index is -0.453. The van der Waals surface area contributed by atoms with Crippen molar-refractivity contribution < 1.29 is 14.5 Å². The third kappa shape index (κ3) is 2.61. The Kier molecular flexibility index (Phi) is 4.02. The van der Waals surface area contributed by atoms with Gasteiger partial charge in [-0.25, -0.2) is 9.78 Å². The molecule has 3 unspecified atom stereocenters.